The molecule has 0 unspecified atom stereocenters. The van der Waals surface area contributed by atoms with Crippen LogP contribution in [-0.2, 0) is 13.7 Å². The average Bonchev–Trinajstić information content (AvgIpc) is 3.18. The van der Waals surface area contributed by atoms with Crippen LogP contribution in [0.4, 0.5) is 0 Å². The molecule has 0 fully saturated rings. The molecule has 6 nitrogen and oxygen atoms in total. The minimum absolute atomic E-state index is 0.0936. The summed E-state index contributed by atoms with van der Waals surface area (Å²) in [5, 5.41) is 14.9. The highest BCUT2D eigenvalue weighted by atomic mass is 35.5. The monoisotopic (exact) mass is 434 g/mol. The number of ether oxygens (including phenoxy) is 1. The number of aryl methyl sites for hydroxylation is 2. The van der Waals surface area contributed by atoms with E-state index >= 15 is 0 Å². The van der Waals surface area contributed by atoms with Crippen LogP contribution in [0.3, 0.4) is 0 Å². The zero-order chi connectivity index (χ0) is 21.8. The molecule has 4 rings (SSSR count). The lowest BCUT2D eigenvalue weighted by molar-refractivity contribution is 0.303. The van der Waals surface area contributed by atoms with Crippen LogP contribution in [0.1, 0.15) is 23.2 Å². The standard InChI is InChI=1S/C24H23ClN4O2/c1-16-12-19(22-9-10-27-29(22)2)18-7-5-8-23(24(18)28-16)31-15-20-17(6-3-4-11-30)13-26-14-21(20)25/h3,5-10,12-14,30H,4,11,15H2,1-2H3/b6-3+. The number of rotatable bonds is 7. The molecule has 1 aromatic carbocycles. The summed E-state index contributed by atoms with van der Waals surface area (Å²) >= 11 is 6.41. The molecule has 158 valence electrons. The van der Waals surface area contributed by atoms with E-state index in [0.717, 1.165) is 39.0 Å². The van der Waals surface area contributed by atoms with Gasteiger partial charge in [0.25, 0.3) is 0 Å². The Kier molecular flexibility index (Phi) is 6.30. The lowest BCUT2D eigenvalue weighted by Crippen LogP contribution is -2.02. The minimum Gasteiger partial charge on any atom is -0.487 e. The Morgan fingerprint density at radius 3 is 2.87 bits per heavy atom. The van der Waals surface area contributed by atoms with Crippen LogP contribution in [0, 0.1) is 6.92 Å². The molecule has 0 saturated carbocycles. The lowest BCUT2D eigenvalue weighted by atomic mass is 10.0. The highest BCUT2D eigenvalue weighted by Crippen LogP contribution is 2.33. The van der Waals surface area contributed by atoms with Gasteiger partial charge in [0.1, 0.15) is 17.9 Å². The molecule has 0 radical (unpaired) electrons. The van der Waals surface area contributed by atoms with E-state index < -0.39 is 0 Å². The third kappa shape index (κ3) is 4.45. The summed E-state index contributed by atoms with van der Waals surface area (Å²) in [5.74, 6) is 0.683. The molecular formula is C24H23ClN4O2. The Bertz CT molecular complexity index is 1250. The largest absolute Gasteiger partial charge is 0.487 e. The van der Waals surface area contributed by atoms with E-state index in [1.54, 1.807) is 18.6 Å². The van der Waals surface area contributed by atoms with Gasteiger partial charge < -0.3 is 9.84 Å². The Hall–Kier alpha value is -3.22. The summed E-state index contributed by atoms with van der Waals surface area (Å²) in [5.41, 5.74) is 5.46. The van der Waals surface area contributed by atoms with Crippen molar-refractivity contribution in [3.05, 3.63) is 76.8 Å². The summed E-state index contributed by atoms with van der Waals surface area (Å²) in [6, 6.07) is 9.97. The van der Waals surface area contributed by atoms with Crippen molar-refractivity contribution >= 4 is 28.6 Å². The molecule has 0 aliphatic rings. The maximum absolute atomic E-state index is 9.02. The molecule has 0 aliphatic heterocycles. The van der Waals surface area contributed by atoms with Crippen molar-refractivity contribution in [2.24, 2.45) is 7.05 Å². The number of benzene rings is 1. The topological polar surface area (TPSA) is 73.1 Å². The van der Waals surface area contributed by atoms with Crippen molar-refractivity contribution in [3.8, 4) is 17.0 Å². The summed E-state index contributed by atoms with van der Waals surface area (Å²) in [7, 11) is 1.93. The normalized spacial score (nSPS) is 11.5. The van der Waals surface area contributed by atoms with Gasteiger partial charge in [0.15, 0.2) is 0 Å². The SMILES string of the molecule is Cc1cc(-c2ccnn2C)c2cccc(OCc3c(Cl)cncc3/C=C/CCO)c2n1. The van der Waals surface area contributed by atoms with Gasteiger partial charge >= 0.3 is 0 Å². The van der Waals surface area contributed by atoms with E-state index in [1.165, 1.54) is 0 Å². The maximum Gasteiger partial charge on any atom is 0.146 e. The Morgan fingerprint density at radius 2 is 2.10 bits per heavy atom. The molecule has 4 aromatic rings. The second kappa shape index (κ2) is 9.29. The summed E-state index contributed by atoms with van der Waals surface area (Å²) in [4.78, 5) is 8.92. The molecule has 0 spiro atoms. The lowest BCUT2D eigenvalue weighted by Gasteiger charge is -2.14. The fourth-order valence-corrected chi connectivity index (χ4v) is 3.74. The fourth-order valence-electron chi connectivity index (χ4n) is 3.52. The van der Waals surface area contributed by atoms with Crippen LogP contribution < -0.4 is 4.74 Å². The van der Waals surface area contributed by atoms with E-state index in [2.05, 4.69) is 16.1 Å². The molecule has 0 saturated heterocycles. The van der Waals surface area contributed by atoms with Crippen molar-refractivity contribution in [1.82, 2.24) is 19.7 Å². The van der Waals surface area contributed by atoms with Gasteiger partial charge in [-0.25, -0.2) is 4.98 Å². The number of para-hydroxylation sites is 1. The number of aliphatic hydroxyl groups is 1. The number of pyridine rings is 2. The van der Waals surface area contributed by atoms with E-state index in [0.29, 0.717) is 17.2 Å². The summed E-state index contributed by atoms with van der Waals surface area (Å²) in [6.07, 6.45) is 9.49. The highest BCUT2D eigenvalue weighted by Gasteiger charge is 2.14. The van der Waals surface area contributed by atoms with Gasteiger partial charge in [0, 0.05) is 60.0 Å². The molecule has 7 heteroatoms. The van der Waals surface area contributed by atoms with Crippen LogP contribution >= 0.6 is 11.6 Å². The van der Waals surface area contributed by atoms with E-state index in [-0.39, 0.29) is 13.2 Å². The smallest absolute Gasteiger partial charge is 0.146 e. The van der Waals surface area contributed by atoms with Gasteiger partial charge in [0.2, 0.25) is 0 Å². The zero-order valence-corrected chi connectivity index (χ0v) is 18.2. The molecule has 31 heavy (non-hydrogen) atoms. The quantitative estimate of drug-likeness (QED) is 0.444. The number of hydrogen-bond acceptors (Lipinski definition) is 5. The molecular weight excluding hydrogens is 412 g/mol. The van der Waals surface area contributed by atoms with Crippen molar-refractivity contribution in [2.45, 2.75) is 20.0 Å². The van der Waals surface area contributed by atoms with Crippen molar-refractivity contribution in [1.29, 1.82) is 0 Å². The molecule has 0 atom stereocenters. The first-order valence-corrected chi connectivity index (χ1v) is 10.4. The van der Waals surface area contributed by atoms with Gasteiger partial charge in [-0.2, -0.15) is 5.10 Å². The molecule has 1 N–H and O–H groups in total. The average molecular weight is 435 g/mol. The second-order valence-corrected chi connectivity index (χ2v) is 7.60. The van der Waals surface area contributed by atoms with E-state index in [9.17, 15) is 0 Å². The van der Waals surface area contributed by atoms with Gasteiger partial charge in [-0.05, 0) is 31.5 Å². The van der Waals surface area contributed by atoms with Crippen LogP contribution in [-0.4, -0.2) is 31.5 Å². The molecule has 0 bridgehead atoms. The van der Waals surface area contributed by atoms with Crippen molar-refractivity contribution in [2.75, 3.05) is 6.61 Å². The Morgan fingerprint density at radius 1 is 1.23 bits per heavy atom. The predicted molar refractivity (Wildman–Crippen MR) is 123 cm³/mol. The minimum atomic E-state index is 0.0936. The number of aromatic nitrogens is 4. The first-order valence-electron chi connectivity index (χ1n) is 10.00. The molecule has 3 heterocycles. The number of hydrogen-bond donors (Lipinski definition) is 1. The second-order valence-electron chi connectivity index (χ2n) is 7.20. The van der Waals surface area contributed by atoms with E-state index in [1.807, 2.05) is 55.1 Å². The van der Waals surface area contributed by atoms with Crippen LogP contribution in [0.2, 0.25) is 5.02 Å². The first-order chi connectivity index (χ1) is 15.1. The number of nitrogens with zero attached hydrogens (tertiary/aromatic N) is 4. The number of halogens is 1. The van der Waals surface area contributed by atoms with Crippen molar-refractivity contribution < 1.29 is 9.84 Å². The Balaban J connectivity index is 1.71. The fraction of sp³-hybridized carbons (Fsp3) is 0.208. The van der Waals surface area contributed by atoms with Gasteiger partial charge in [-0.1, -0.05) is 35.9 Å². The van der Waals surface area contributed by atoms with Crippen LogP contribution in [0.25, 0.3) is 28.2 Å². The first kappa shape index (κ1) is 21.0. The molecule has 0 aliphatic carbocycles. The summed E-state index contributed by atoms with van der Waals surface area (Å²) < 4.78 is 8.06. The maximum atomic E-state index is 9.02. The third-order valence-corrected chi connectivity index (χ3v) is 5.36. The highest BCUT2D eigenvalue weighted by molar-refractivity contribution is 6.31. The zero-order valence-electron chi connectivity index (χ0n) is 17.4. The van der Waals surface area contributed by atoms with E-state index in [4.69, 9.17) is 26.4 Å². The molecule has 0 amide bonds. The van der Waals surface area contributed by atoms with Gasteiger partial charge in [-0.15, -0.1) is 0 Å². The van der Waals surface area contributed by atoms with Crippen molar-refractivity contribution in [3.63, 3.8) is 0 Å². The van der Waals surface area contributed by atoms with Crippen LogP contribution in [0.15, 0.2) is 55.0 Å². The molecule has 3 aromatic heterocycles. The Labute approximate surface area is 185 Å². The summed E-state index contributed by atoms with van der Waals surface area (Å²) in [6.45, 7) is 2.34. The van der Waals surface area contributed by atoms with Gasteiger partial charge in [0.05, 0.1) is 10.7 Å². The van der Waals surface area contributed by atoms with Crippen LogP contribution in [0.5, 0.6) is 5.75 Å². The number of aliphatic hydroxyl groups excluding tert-OH is 1. The third-order valence-electron chi connectivity index (χ3n) is 5.03. The predicted octanol–water partition coefficient (Wildman–Crippen LogP) is 4.97. The van der Waals surface area contributed by atoms with Gasteiger partial charge in [-0.3, -0.25) is 9.67 Å². The number of fused-ring (bicyclic) bond motifs is 1.